The quantitative estimate of drug-likeness (QED) is 0.287. The summed E-state index contributed by atoms with van der Waals surface area (Å²) in [6, 6.07) is 12.4. The van der Waals surface area contributed by atoms with Crippen LogP contribution in [0.25, 0.3) is 0 Å². The molecule has 12 heteroatoms. The van der Waals surface area contributed by atoms with Crippen LogP contribution in [0.1, 0.15) is 42.4 Å². The molecule has 2 aromatic carbocycles. The predicted octanol–water partition coefficient (Wildman–Crippen LogP) is 4.56. The number of ether oxygens (including phenoxy) is 3. The van der Waals surface area contributed by atoms with E-state index in [1.54, 1.807) is 51.1 Å². The van der Waals surface area contributed by atoms with E-state index in [1.807, 2.05) is 13.0 Å². The number of hydrogen-bond donors (Lipinski definition) is 3. The smallest absolute Gasteiger partial charge is 0.319 e. The van der Waals surface area contributed by atoms with Gasteiger partial charge < -0.3 is 30.2 Å². The first-order valence-corrected chi connectivity index (χ1v) is 14.6. The number of nitrogens with zero attached hydrogens (tertiary/aromatic N) is 1. The van der Waals surface area contributed by atoms with Crippen molar-refractivity contribution in [2.24, 2.45) is 0 Å². The summed E-state index contributed by atoms with van der Waals surface area (Å²) in [5, 5.41) is 8.19. The Hall–Kier alpha value is -4.32. The molecule has 40 heavy (non-hydrogen) atoms. The Morgan fingerprint density at radius 1 is 0.850 bits per heavy atom. The van der Waals surface area contributed by atoms with E-state index >= 15 is 0 Å². The Kier molecular flexibility index (Phi) is 10.3. The third-order valence-corrected chi connectivity index (χ3v) is 6.60. The van der Waals surface area contributed by atoms with Crippen LogP contribution in [-0.4, -0.2) is 51.4 Å². The lowest BCUT2D eigenvalue weighted by Crippen LogP contribution is -2.28. The van der Waals surface area contributed by atoms with Gasteiger partial charge in [0.1, 0.15) is 28.0 Å². The minimum atomic E-state index is -3.58. The fourth-order valence-corrected chi connectivity index (χ4v) is 4.59. The van der Waals surface area contributed by atoms with Crippen LogP contribution in [0.5, 0.6) is 17.2 Å². The lowest BCUT2D eigenvalue weighted by Gasteiger charge is -2.17. The largest absolute Gasteiger partial charge is 0.493 e. The molecule has 0 aliphatic heterocycles. The van der Waals surface area contributed by atoms with Crippen molar-refractivity contribution in [3.8, 4) is 17.2 Å². The van der Waals surface area contributed by atoms with Crippen molar-refractivity contribution < 1.29 is 32.2 Å². The van der Waals surface area contributed by atoms with Gasteiger partial charge in [0.25, 0.3) is 5.91 Å². The number of nitrogens with one attached hydrogen (secondary N) is 3. The maximum absolute atomic E-state index is 13.0. The molecular weight excluding hydrogens is 536 g/mol. The molecule has 0 aliphatic carbocycles. The SMILES string of the molecule is CCOc1cc(S(C)(=O)=O)c(OCC)cc1CNC(=O)Nc1ccc(OCC)c(C(=O)Nc2cccc(C)n2)c1. The molecule has 0 bridgehead atoms. The summed E-state index contributed by atoms with van der Waals surface area (Å²) in [5.41, 5.74) is 1.86. The van der Waals surface area contributed by atoms with Crippen LogP contribution in [0.15, 0.2) is 53.4 Å². The van der Waals surface area contributed by atoms with Crippen molar-refractivity contribution in [1.82, 2.24) is 10.3 Å². The first-order valence-electron chi connectivity index (χ1n) is 12.7. The Morgan fingerprint density at radius 3 is 2.17 bits per heavy atom. The van der Waals surface area contributed by atoms with Gasteiger partial charge in [-0.2, -0.15) is 0 Å². The molecule has 0 spiro atoms. The van der Waals surface area contributed by atoms with Gasteiger partial charge in [0.15, 0.2) is 9.84 Å². The van der Waals surface area contributed by atoms with Crippen molar-refractivity contribution in [1.29, 1.82) is 0 Å². The molecule has 3 rings (SSSR count). The molecule has 0 radical (unpaired) electrons. The van der Waals surface area contributed by atoms with Gasteiger partial charge in [-0.25, -0.2) is 18.2 Å². The van der Waals surface area contributed by atoms with Gasteiger partial charge in [0.2, 0.25) is 0 Å². The summed E-state index contributed by atoms with van der Waals surface area (Å²) in [5.74, 6) is 0.796. The number of benzene rings is 2. The van der Waals surface area contributed by atoms with Crippen molar-refractivity contribution >= 4 is 33.3 Å². The number of anilines is 2. The number of amides is 3. The molecule has 1 aromatic heterocycles. The fraction of sp³-hybridized carbons (Fsp3) is 0.321. The highest BCUT2D eigenvalue weighted by molar-refractivity contribution is 7.90. The van der Waals surface area contributed by atoms with Crippen molar-refractivity contribution in [2.45, 2.75) is 39.1 Å². The van der Waals surface area contributed by atoms with E-state index in [0.29, 0.717) is 41.8 Å². The average molecular weight is 571 g/mol. The van der Waals surface area contributed by atoms with Gasteiger partial charge >= 0.3 is 6.03 Å². The molecule has 0 unspecified atom stereocenters. The zero-order valence-corrected chi connectivity index (χ0v) is 24.0. The van der Waals surface area contributed by atoms with Gasteiger partial charge in [0.05, 0.1) is 25.4 Å². The van der Waals surface area contributed by atoms with Crippen LogP contribution < -0.4 is 30.2 Å². The van der Waals surface area contributed by atoms with E-state index in [-0.39, 0.29) is 29.4 Å². The summed E-state index contributed by atoms with van der Waals surface area (Å²) in [6.45, 7) is 8.07. The van der Waals surface area contributed by atoms with Crippen LogP contribution >= 0.6 is 0 Å². The summed E-state index contributed by atoms with van der Waals surface area (Å²) >= 11 is 0. The van der Waals surface area contributed by atoms with Gasteiger partial charge in [-0.05, 0) is 64.1 Å². The lowest BCUT2D eigenvalue weighted by atomic mass is 10.1. The second-order valence-electron chi connectivity index (χ2n) is 8.61. The molecule has 214 valence electrons. The van der Waals surface area contributed by atoms with E-state index in [4.69, 9.17) is 14.2 Å². The summed E-state index contributed by atoms with van der Waals surface area (Å²) in [4.78, 5) is 30.1. The van der Waals surface area contributed by atoms with Crippen LogP contribution in [0.3, 0.4) is 0 Å². The van der Waals surface area contributed by atoms with Crippen LogP contribution in [0.2, 0.25) is 0 Å². The number of hydrogen-bond acceptors (Lipinski definition) is 8. The summed E-state index contributed by atoms with van der Waals surface area (Å²) < 4.78 is 41.3. The number of pyridine rings is 1. The Balaban J connectivity index is 1.79. The van der Waals surface area contributed by atoms with E-state index in [1.165, 1.54) is 12.1 Å². The highest BCUT2D eigenvalue weighted by Crippen LogP contribution is 2.33. The zero-order chi connectivity index (χ0) is 29.3. The van der Waals surface area contributed by atoms with Crippen molar-refractivity contribution in [3.05, 3.63) is 65.4 Å². The molecule has 3 aromatic rings. The monoisotopic (exact) mass is 570 g/mol. The number of aryl methyl sites for hydroxylation is 1. The fourth-order valence-electron chi connectivity index (χ4n) is 3.78. The van der Waals surface area contributed by atoms with Crippen molar-refractivity contribution in [2.75, 3.05) is 36.7 Å². The van der Waals surface area contributed by atoms with Crippen molar-refractivity contribution in [3.63, 3.8) is 0 Å². The highest BCUT2D eigenvalue weighted by atomic mass is 32.2. The molecule has 1 heterocycles. The molecule has 0 saturated carbocycles. The molecule has 0 aliphatic rings. The maximum atomic E-state index is 13.0. The molecule has 0 saturated heterocycles. The van der Waals surface area contributed by atoms with E-state index < -0.39 is 21.8 Å². The number of aromatic nitrogens is 1. The van der Waals surface area contributed by atoms with Crippen LogP contribution in [0, 0.1) is 6.92 Å². The molecule has 3 amide bonds. The van der Waals surface area contributed by atoms with E-state index in [9.17, 15) is 18.0 Å². The van der Waals surface area contributed by atoms with E-state index in [2.05, 4.69) is 20.9 Å². The van der Waals surface area contributed by atoms with E-state index in [0.717, 1.165) is 11.9 Å². The van der Waals surface area contributed by atoms with Gasteiger partial charge in [-0.3, -0.25) is 4.79 Å². The Bertz CT molecular complexity index is 1480. The minimum Gasteiger partial charge on any atom is -0.493 e. The molecule has 3 N–H and O–H groups in total. The second kappa shape index (κ2) is 13.7. The normalized spacial score (nSPS) is 10.9. The third-order valence-electron chi connectivity index (χ3n) is 5.48. The number of rotatable bonds is 12. The average Bonchev–Trinajstić information content (AvgIpc) is 2.89. The number of sulfone groups is 1. The lowest BCUT2D eigenvalue weighted by molar-refractivity contribution is 0.102. The topological polar surface area (TPSA) is 145 Å². The molecule has 0 fully saturated rings. The number of carbonyl (C=O) groups excluding carboxylic acids is 2. The van der Waals surface area contributed by atoms with Gasteiger partial charge in [-0.15, -0.1) is 0 Å². The van der Waals surface area contributed by atoms with Crippen LogP contribution in [-0.2, 0) is 16.4 Å². The second-order valence-corrected chi connectivity index (χ2v) is 10.6. The summed E-state index contributed by atoms with van der Waals surface area (Å²) in [7, 11) is -3.58. The Labute approximate surface area is 234 Å². The minimum absolute atomic E-state index is 0.00654. The molecular formula is C28H34N4O7S. The van der Waals surface area contributed by atoms with Crippen LogP contribution in [0.4, 0.5) is 16.3 Å². The zero-order valence-electron chi connectivity index (χ0n) is 23.2. The van der Waals surface area contributed by atoms with Gasteiger partial charge in [0, 0.05) is 35.8 Å². The van der Waals surface area contributed by atoms with Gasteiger partial charge in [-0.1, -0.05) is 6.07 Å². The molecule has 0 atom stereocenters. The number of carbonyl (C=O) groups is 2. The molecule has 11 nitrogen and oxygen atoms in total. The highest BCUT2D eigenvalue weighted by Gasteiger charge is 2.20. The first-order chi connectivity index (χ1) is 19.0. The Morgan fingerprint density at radius 2 is 1.52 bits per heavy atom. The number of urea groups is 1. The third kappa shape index (κ3) is 8.09. The maximum Gasteiger partial charge on any atom is 0.319 e. The predicted molar refractivity (Wildman–Crippen MR) is 152 cm³/mol. The first kappa shape index (κ1) is 30.2. The summed E-state index contributed by atoms with van der Waals surface area (Å²) in [6.07, 6.45) is 1.09. The standard InChI is InChI=1S/C28H34N4O7S/c1-6-37-22-13-12-20(15-21(22)27(33)32-26-11-9-10-18(4)30-26)31-28(34)29-17-19-14-24(39-8-3)25(40(5,35)36)16-23(19)38-7-2/h9-16H,6-8,17H2,1-5H3,(H2,29,31,34)(H,30,32,33).